The first-order valence-corrected chi connectivity index (χ1v) is 6.80. The number of methoxy groups -OCH3 is 1. The molecule has 5 nitrogen and oxygen atoms in total. The number of aliphatic hydroxyl groups excluding tert-OH is 1. The fraction of sp³-hybridized carbons (Fsp3) is 0.438. The Morgan fingerprint density at radius 1 is 1.48 bits per heavy atom. The quantitative estimate of drug-likeness (QED) is 0.639. The molecular formula is C16H23NO4. The highest BCUT2D eigenvalue weighted by Gasteiger charge is 2.26. The molecule has 0 aliphatic heterocycles. The molecule has 0 bridgehead atoms. The number of carboxylic acid groups (broad SMARTS) is 1. The Balaban J connectivity index is 3.14. The summed E-state index contributed by atoms with van der Waals surface area (Å²) in [7, 11) is 1.54. The molecule has 116 valence electrons. The number of aliphatic hydroxyl groups is 1. The van der Waals surface area contributed by atoms with Crippen molar-refractivity contribution < 1.29 is 19.7 Å². The van der Waals surface area contributed by atoms with Crippen molar-refractivity contribution in [3.8, 4) is 5.75 Å². The molecule has 1 aromatic carbocycles. The van der Waals surface area contributed by atoms with Crippen LogP contribution in [0.2, 0.25) is 0 Å². The van der Waals surface area contributed by atoms with Crippen LogP contribution in [-0.2, 0) is 4.79 Å². The second kappa shape index (κ2) is 7.81. The summed E-state index contributed by atoms with van der Waals surface area (Å²) in [5, 5.41) is 22.6. The van der Waals surface area contributed by atoms with Crippen molar-refractivity contribution in [1.82, 2.24) is 5.32 Å². The second-order valence-electron chi connectivity index (χ2n) is 5.05. The first-order chi connectivity index (χ1) is 9.90. The number of nitrogens with one attached hydrogen (secondary N) is 1. The van der Waals surface area contributed by atoms with Crippen LogP contribution in [0.25, 0.3) is 0 Å². The number of hydrogen-bond donors (Lipinski definition) is 3. The van der Waals surface area contributed by atoms with Gasteiger partial charge in [0.05, 0.1) is 19.6 Å². The monoisotopic (exact) mass is 293 g/mol. The lowest BCUT2D eigenvalue weighted by atomic mass is 9.95. The van der Waals surface area contributed by atoms with Crippen molar-refractivity contribution in [1.29, 1.82) is 0 Å². The van der Waals surface area contributed by atoms with E-state index in [-0.39, 0.29) is 6.42 Å². The van der Waals surface area contributed by atoms with Crippen LogP contribution in [-0.4, -0.2) is 35.9 Å². The van der Waals surface area contributed by atoms with E-state index >= 15 is 0 Å². The van der Waals surface area contributed by atoms with E-state index in [1.165, 1.54) is 7.11 Å². The molecule has 0 fully saturated rings. The summed E-state index contributed by atoms with van der Waals surface area (Å²) in [4.78, 5) is 11.0. The summed E-state index contributed by atoms with van der Waals surface area (Å²) >= 11 is 0. The topological polar surface area (TPSA) is 78.8 Å². The van der Waals surface area contributed by atoms with Gasteiger partial charge in [-0.15, -0.1) is 6.58 Å². The van der Waals surface area contributed by atoms with Gasteiger partial charge >= 0.3 is 5.97 Å². The molecule has 0 aliphatic rings. The Hall–Kier alpha value is -1.85. The lowest BCUT2D eigenvalue weighted by Crippen LogP contribution is -2.37. The number of carboxylic acids is 1. The van der Waals surface area contributed by atoms with Gasteiger partial charge in [-0.1, -0.05) is 17.7 Å². The van der Waals surface area contributed by atoms with Gasteiger partial charge in [0.25, 0.3) is 0 Å². The minimum atomic E-state index is -0.977. The Bertz CT molecular complexity index is 513. The number of rotatable bonds is 8. The molecule has 3 N–H and O–H groups in total. The maximum absolute atomic E-state index is 11.0. The van der Waals surface area contributed by atoms with Crippen LogP contribution in [0.3, 0.4) is 0 Å². The molecule has 2 unspecified atom stereocenters. The van der Waals surface area contributed by atoms with Crippen LogP contribution in [0.5, 0.6) is 5.75 Å². The van der Waals surface area contributed by atoms with E-state index in [0.717, 1.165) is 11.1 Å². The third-order valence-corrected chi connectivity index (χ3v) is 3.27. The van der Waals surface area contributed by atoms with E-state index in [1.807, 2.05) is 26.0 Å². The van der Waals surface area contributed by atoms with Gasteiger partial charge in [0.15, 0.2) is 0 Å². The Labute approximate surface area is 125 Å². The summed E-state index contributed by atoms with van der Waals surface area (Å²) in [6, 6.07) is 3.16. The normalized spacial score (nSPS) is 13.5. The molecule has 0 heterocycles. The molecule has 0 aromatic heterocycles. The number of hydrogen-bond acceptors (Lipinski definition) is 4. The van der Waals surface area contributed by atoms with Gasteiger partial charge in [0, 0.05) is 18.2 Å². The summed E-state index contributed by atoms with van der Waals surface area (Å²) in [5.74, 6) is -0.386. The molecule has 0 saturated carbocycles. The van der Waals surface area contributed by atoms with Crippen LogP contribution in [0.1, 0.15) is 29.2 Å². The summed E-state index contributed by atoms with van der Waals surface area (Å²) in [5.41, 5.74) is 2.49. The van der Waals surface area contributed by atoms with Crippen LogP contribution in [0.15, 0.2) is 24.8 Å². The highest BCUT2D eigenvalue weighted by atomic mass is 16.5. The van der Waals surface area contributed by atoms with E-state index < -0.39 is 18.1 Å². The van der Waals surface area contributed by atoms with Gasteiger partial charge in [-0.05, 0) is 25.5 Å². The first kappa shape index (κ1) is 17.2. The highest BCUT2D eigenvalue weighted by molar-refractivity contribution is 5.67. The predicted molar refractivity (Wildman–Crippen MR) is 81.7 cm³/mol. The standard InChI is InChI=1S/C16H23NO4/c1-5-6-17-13(9-14(18)19)15(20)12-8-10(2)7-11(3)16(12)21-4/h5,7-8,13,15,17,20H,1,6,9H2,2-4H3,(H,18,19). The highest BCUT2D eigenvalue weighted by Crippen LogP contribution is 2.32. The Morgan fingerprint density at radius 2 is 2.14 bits per heavy atom. The van der Waals surface area contributed by atoms with Crippen LogP contribution >= 0.6 is 0 Å². The Morgan fingerprint density at radius 3 is 2.67 bits per heavy atom. The average Bonchev–Trinajstić information content (AvgIpc) is 2.41. The van der Waals surface area contributed by atoms with Gasteiger partial charge < -0.3 is 20.3 Å². The average molecular weight is 293 g/mol. The van der Waals surface area contributed by atoms with E-state index in [4.69, 9.17) is 9.84 Å². The molecule has 21 heavy (non-hydrogen) atoms. The maximum atomic E-state index is 11.0. The number of aliphatic carboxylic acids is 1. The maximum Gasteiger partial charge on any atom is 0.305 e. The van der Waals surface area contributed by atoms with Crippen molar-refractivity contribution in [2.75, 3.05) is 13.7 Å². The third kappa shape index (κ3) is 4.58. The van der Waals surface area contributed by atoms with Gasteiger partial charge in [0.2, 0.25) is 0 Å². The zero-order chi connectivity index (χ0) is 16.0. The van der Waals surface area contributed by atoms with Crippen molar-refractivity contribution in [3.63, 3.8) is 0 Å². The van der Waals surface area contributed by atoms with Crippen molar-refractivity contribution >= 4 is 5.97 Å². The van der Waals surface area contributed by atoms with Crippen LogP contribution in [0, 0.1) is 13.8 Å². The molecule has 0 amide bonds. The van der Waals surface area contributed by atoms with Crippen LogP contribution in [0.4, 0.5) is 0 Å². The SMILES string of the molecule is C=CCNC(CC(=O)O)C(O)c1cc(C)cc(C)c1OC. The van der Waals surface area contributed by atoms with Crippen LogP contribution < -0.4 is 10.1 Å². The van der Waals surface area contributed by atoms with E-state index in [2.05, 4.69) is 11.9 Å². The second-order valence-corrected chi connectivity index (χ2v) is 5.05. The fourth-order valence-electron chi connectivity index (χ4n) is 2.42. The third-order valence-electron chi connectivity index (χ3n) is 3.27. The molecule has 0 saturated heterocycles. The molecule has 5 heteroatoms. The lowest BCUT2D eigenvalue weighted by Gasteiger charge is -2.25. The fourth-order valence-corrected chi connectivity index (χ4v) is 2.42. The molecule has 0 spiro atoms. The largest absolute Gasteiger partial charge is 0.496 e. The van der Waals surface area contributed by atoms with Crippen molar-refractivity contribution in [2.45, 2.75) is 32.4 Å². The van der Waals surface area contributed by atoms with E-state index in [1.54, 1.807) is 6.08 Å². The smallest absolute Gasteiger partial charge is 0.305 e. The van der Waals surface area contributed by atoms with Crippen molar-refractivity contribution in [3.05, 3.63) is 41.5 Å². The molecule has 2 atom stereocenters. The Kier molecular flexibility index (Phi) is 6.39. The summed E-state index contributed by atoms with van der Waals surface area (Å²) < 4.78 is 5.36. The van der Waals surface area contributed by atoms with E-state index in [0.29, 0.717) is 17.9 Å². The van der Waals surface area contributed by atoms with Gasteiger partial charge in [-0.2, -0.15) is 0 Å². The number of ether oxygens (including phenoxy) is 1. The van der Waals surface area contributed by atoms with Crippen molar-refractivity contribution in [2.24, 2.45) is 0 Å². The number of aryl methyl sites for hydroxylation is 2. The lowest BCUT2D eigenvalue weighted by molar-refractivity contribution is -0.138. The summed E-state index contributed by atoms with van der Waals surface area (Å²) in [6.45, 7) is 7.83. The van der Waals surface area contributed by atoms with Gasteiger partial charge in [0.1, 0.15) is 5.75 Å². The molecular weight excluding hydrogens is 270 g/mol. The zero-order valence-electron chi connectivity index (χ0n) is 12.7. The molecule has 0 aliphatic carbocycles. The molecule has 0 radical (unpaired) electrons. The summed E-state index contributed by atoms with van der Waals surface area (Å²) in [6.07, 6.45) is 0.459. The minimum Gasteiger partial charge on any atom is -0.496 e. The van der Waals surface area contributed by atoms with Gasteiger partial charge in [-0.3, -0.25) is 4.79 Å². The minimum absolute atomic E-state index is 0.189. The first-order valence-electron chi connectivity index (χ1n) is 6.80. The van der Waals surface area contributed by atoms with E-state index in [9.17, 15) is 9.90 Å². The predicted octanol–water partition coefficient (Wildman–Crippen LogP) is 1.96. The number of benzene rings is 1. The molecule has 1 rings (SSSR count). The molecule has 1 aromatic rings. The van der Waals surface area contributed by atoms with Gasteiger partial charge in [-0.25, -0.2) is 0 Å². The zero-order valence-corrected chi connectivity index (χ0v) is 12.7. The number of carbonyl (C=O) groups is 1.